The topological polar surface area (TPSA) is 186 Å². The van der Waals surface area contributed by atoms with Gasteiger partial charge in [-0.3, -0.25) is 0 Å². The van der Waals surface area contributed by atoms with Crippen LogP contribution in [0.3, 0.4) is 0 Å². The van der Waals surface area contributed by atoms with Crippen LogP contribution in [0, 0.1) is 0 Å². The van der Waals surface area contributed by atoms with Gasteiger partial charge in [0.1, 0.15) is 38.3 Å². The van der Waals surface area contributed by atoms with Gasteiger partial charge in [0.05, 0.1) is 58.0 Å². The Bertz CT molecular complexity index is 944. The van der Waals surface area contributed by atoms with Crippen molar-refractivity contribution in [2.45, 2.75) is 82.5 Å². The number of aliphatic hydroxyl groups is 2. The number of carbonyl (C=O) groups is 1. The van der Waals surface area contributed by atoms with Gasteiger partial charge in [0.15, 0.2) is 0 Å². The molecule has 1 heterocycles. The maximum Gasteiger partial charge on any atom is 0.330 e. The zero-order chi connectivity index (χ0) is 29.5. The summed E-state index contributed by atoms with van der Waals surface area (Å²) < 4.78 is 71.7. The van der Waals surface area contributed by atoms with Crippen LogP contribution in [0.1, 0.15) is 64.2 Å². The first kappa shape index (κ1) is 35.9. The first-order valence-corrected chi connectivity index (χ1v) is 17.0. The normalized spacial score (nSPS) is 23.7. The maximum atomic E-state index is 11.1. The molecule has 230 valence electrons. The Morgan fingerprint density at radius 3 is 2.03 bits per heavy atom. The lowest BCUT2D eigenvalue weighted by Gasteiger charge is -2.45. The minimum absolute atomic E-state index is 0.0567. The largest absolute Gasteiger partial charge is 0.748 e. The van der Waals surface area contributed by atoms with Crippen molar-refractivity contribution in [1.82, 2.24) is 0 Å². The molecule has 0 spiro atoms. The average molecular weight is 601 g/mol. The van der Waals surface area contributed by atoms with E-state index in [0.717, 1.165) is 70.4 Å². The molecule has 0 radical (unpaired) electrons. The molecule has 0 aromatic heterocycles. The van der Waals surface area contributed by atoms with Crippen LogP contribution in [0.25, 0.3) is 0 Å². The average Bonchev–Trinajstić information content (AvgIpc) is 2.78. The Balaban J connectivity index is 2.45. The summed E-state index contributed by atoms with van der Waals surface area (Å²) in [5.74, 6) is -2.12. The van der Waals surface area contributed by atoms with E-state index in [2.05, 4.69) is 6.58 Å². The van der Waals surface area contributed by atoms with Crippen LogP contribution in [0.15, 0.2) is 12.7 Å². The Hall–Kier alpha value is -1.13. The third-order valence-electron chi connectivity index (χ3n) is 7.27. The lowest BCUT2D eigenvalue weighted by molar-refractivity contribution is -1.03. The Morgan fingerprint density at radius 1 is 0.974 bits per heavy atom. The van der Waals surface area contributed by atoms with E-state index in [9.17, 15) is 40.9 Å². The summed E-state index contributed by atoms with van der Waals surface area (Å²) in [6.07, 6.45) is 8.09. The van der Waals surface area contributed by atoms with E-state index in [1.54, 1.807) is 0 Å². The number of piperazine rings is 1. The molecule has 0 aromatic carbocycles. The van der Waals surface area contributed by atoms with Crippen LogP contribution in [0.2, 0.25) is 0 Å². The zero-order valence-corrected chi connectivity index (χ0v) is 24.8. The maximum absolute atomic E-state index is 11.1. The number of esters is 1. The van der Waals surface area contributed by atoms with Crippen molar-refractivity contribution in [2.24, 2.45) is 0 Å². The molecule has 1 aliphatic rings. The predicted molar refractivity (Wildman–Crippen MR) is 144 cm³/mol. The van der Waals surface area contributed by atoms with Crippen LogP contribution in [0.5, 0.6) is 0 Å². The lowest BCUT2D eigenvalue weighted by Crippen LogP contribution is -3.19. The summed E-state index contributed by atoms with van der Waals surface area (Å²) >= 11 is 0. The molecule has 0 bridgehead atoms. The number of rotatable bonds is 21. The summed E-state index contributed by atoms with van der Waals surface area (Å²) in [5.41, 5.74) is 0. The van der Waals surface area contributed by atoms with Crippen LogP contribution >= 0.6 is 0 Å². The third kappa shape index (κ3) is 18.0. The second kappa shape index (κ2) is 17.6. The van der Waals surface area contributed by atoms with Gasteiger partial charge in [-0.15, -0.1) is 0 Å². The smallest absolute Gasteiger partial charge is 0.330 e. The fraction of sp³-hybridized carbons (Fsp3) is 0.880. The summed E-state index contributed by atoms with van der Waals surface area (Å²) in [6, 6.07) is -0.178. The summed E-state index contributed by atoms with van der Waals surface area (Å²) in [5, 5.41) is 20.4. The van der Waals surface area contributed by atoms with Crippen LogP contribution in [0.4, 0.5) is 0 Å². The zero-order valence-electron chi connectivity index (χ0n) is 23.2. The Labute approximate surface area is 234 Å². The number of ether oxygens (including phenoxy) is 1. The molecule has 0 aromatic rings. The van der Waals surface area contributed by atoms with Gasteiger partial charge in [0.25, 0.3) is 0 Å². The van der Waals surface area contributed by atoms with Crippen molar-refractivity contribution in [2.75, 3.05) is 57.9 Å². The molecule has 39 heavy (non-hydrogen) atoms. The fourth-order valence-corrected chi connectivity index (χ4v) is 6.64. The van der Waals surface area contributed by atoms with Crippen molar-refractivity contribution in [3.05, 3.63) is 12.7 Å². The van der Waals surface area contributed by atoms with Crippen LogP contribution in [-0.2, 0) is 29.8 Å². The first-order valence-electron chi connectivity index (χ1n) is 13.8. The molecular formula is C25H48N2O10S2. The van der Waals surface area contributed by atoms with Gasteiger partial charge in [0, 0.05) is 12.5 Å². The minimum atomic E-state index is -4.58. The first-order chi connectivity index (χ1) is 18.1. The van der Waals surface area contributed by atoms with Crippen molar-refractivity contribution in [1.29, 1.82) is 0 Å². The molecule has 0 saturated carbocycles. The summed E-state index contributed by atoms with van der Waals surface area (Å²) in [7, 11) is -7.31. The van der Waals surface area contributed by atoms with Crippen molar-refractivity contribution < 1.29 is 55.1 Å². The summed E-state index contributed by atoms with van der Waals surface area (Å²) in [6.45, 7) is 6.42. The van der Waals surface area contributed by atoms with E-state index in [0.29, 0.717) is 30.7 Å². The standard InChI is InChI=1S/C25H48N2O10S2/c1-3-25(30)37-16-12-10-8-6-4-5-7-9-11-13-26-14-15-27(2,19-24(29)21-39(34,35)36)18-22(26)17-23(28)20-38(31,32)33/h3,22-24,28-29H,1,4-21H2,2H3,(H-,31,32,33,34,35,36). The number of likely N-dealkylation sites (N-methyl/N-ethyl adjacent to an activating group) is 1. The van der Waals surface area contributed by atoms with Crippen molar-refractivity contribution in [3.8, 4) is 0 Å². The van der Waals surface area contributed by atoms with E-state index in [-0.39, 0.29) is 25.0 Å². The number of aliphatic hydroxyl groups excluding tert-OH is 2. The Morgan fingerprint density at radius 2 is 1.49 bits per heavy atom. The highest BCUT2D eigenvalue weighted by atomic mass is 32.2. The molecule has 1 rings (SSSR count). The molecule has 5 unspecified atom stereocenters. The summed E-state index contributed by atoms with van der Waals surface area (Å²) in [4.78, 5) is 12.2. The highest BCUT2D eigenvalue weighted by Gasteiger charge is 2.41. The monoisotopic (exact) mass is 600 g/mol. The number of carbonyl (C=O) groups excluding carboxylic acids is 1. The molecule has 0 amide bonds. The van der Waals surface area contributed by atoms with Gasteiger partial charge in [-0.2, -0.15) is 0 Å². The van der Waals surface area contributed by atoms with Crippen LogP contribution < -0.4 is 4.90 Å². The number of hydrogen-bond donors (Lipinski definition) is 3. The number of unbranched alkanes of at least 4 members (excludes halogenated alkanes) is 8. The van der Waals surface area contributed by atoms with Gasteiger partial charge in [0.2, 0.25) is 0 Å². The van der Waals surface area contributed by atoms with Gasteiger partial charge in [-0.1, -0.05) is 45.1 Å². The number of nitrogens with one attached hydrogen (secondary N) is 1. The molecule has 1 fully saturated rings. The van der Waals surface area contributed by atoms with E-state index in [4.69, 9.17) is 4.74 Å². The fourth-order valence-electron chi connectivity index (χ4n) is 5.46. The van der Waals surface area contributed by atoms with E-state index in [1.807, 2.05) is 7.05 Å². The van der Waals surface area contributed by atoms with E-state index < -0.39 is 43.9 Å². The van der Waals surface area contributed by atoms with Gasteiger partial charge < -0.3 is 33.4 Å². The SMILES string of the molecule is C=CC(=O)OCCCCCCCCCCC[NH+]1CC[N+](C)(CC(O)CS(=O)(=O)[O-])CC1CC(O)CS(=O)(=O)[O-]. The second-order valence-corrected chi connectivity index (χ2v) is 14.0. The highest BCUT2D eigenvalue weighted by molar-refractivity contribution is 7.85. The molecule has 5 atom stereocenters. The number of quaternary nitrogens is 2. The van der Waals surface area contributed by atoms with Crippen molar-refractivity contribution in [3.63, 3.8) is 0 Å². The molecule has 12 nitrogen and oxygen atoms in total. The molecule has 1 saturated heterocycles. The molecule has 14 heteroatoms. The van der Waals surface area contributed by atoms with Crippen LogP contribution in [-0.4, -0.2) is 123 Å². The molecule has 3 N–H and O–H groups in total. The minimum Gasteiger partial charge on any atom is -0.748 e. The Kier molecular flexibility index (Phi) is 16.2. The third-order valence-corrected chi connectivity index (χ3v) is 8.85. The lowest BCUT2D eigenvalue weighted by atomic mass is 10.0. The van der Waals surface area contributed by atoms with Gasteiger partial charge >= 0.3 is 5.97 Å². The van der Waals surface area contributed by atoms with Gasteiger partial charge in [-0.05, 0) is 19.3 Å². The molecular weight excluding hydrogens is 552 g/mol. The van der Waals surface area contributed by atoms with E-state index in [1.165, 1.54) is 4.90 Å². The van der Waals surface area contributed by atoms with Crippen molar-refractivity contribution >= 4 is 26.2 Å². The number of hydrogen-bond acceptors (Lipinski definition) is 10. The van der Waals surface area contributed by atoms with Gasteiger partial charge in [-0.25, -0.2) is 21.6 Å². The quantitative estimate of drug-likeness (QED) is 0.0492. The predicted octanol–water partition coefficient (Wildman–Crippen LogP) is -0.857. The van der Waals surface area contributed by atoms with E-state index >= 15 is 0 Å². The highest BCUT2D eigenvalue weighted by Crippen LogP contribution is 2.14. The number of nitrogens with zero attached hydrogens (tertiary/aromatic N) is 1. The molecule has 1 aliphatic heterocycles. The molecule has 0 aliphatic carbocycles. The second-order valence-electron chi connectivity index (χ2n) is 11.1.